The molecule has 148 valence electrons. The molecule has 1 saturated heterocycles. The molecule has 0 unspecified atom stereocenters. The Kier molecular flexibility index (Phi) is 8.14. The van der Waals surface area contributed by atoms with Gasteiger partial charge in [-0.3, -0.25) is 4.99 Å². The molecule has 10 heteroatoms. The van der Waals surface area contributed by atoms with E-state index < -0.39 is 10.0 Å². The van der Waals surface area contributed by atoms with Gasteiger partial charge in [0.25, 0.3) is 0 Å². The second kappa shape index (κ2) is 9.88. The van der Waals surface area contributed by atoms with Crippen LogP contribution in [0.4, 0.5) is 0 Å². The van der Waals surface area contributed by atoms with Crippen LogP contribution in [0.1, 0.15) is 31.9 Å². The third-order valence-corrected chi connectivity index (χ3v) is 6.62. The van der Waals surface area contributed by atoms with E-state index in [1.807, 2.05) is 0 Å². The number of hydrogen-bond acceptors (Lipinski definition) is 5. The van der Waals surface area contributed by atoms with E-state index in [0.29, 0.717) is 31.9 Å². The monoisotopic (exact) mass is 497 g/mol. The molecule has 3 rings (SSSR count). The molecule has 0 bridgehead atoms. The zero-order chi connectivity index (χ0) is 17.7. The Morgan fingerprint density at radius 2 is 2.08 bits per heavy atom. The van der Waals surface area contributed by atoms with Crippen LogP contribution in [0.15, 0.2) is 21.8 Å². The minimum Gasteiger partial charge on any atom is -0.364 e. The van der Waals surface area contributed by atoms with Gasteiger partial charge in [-0.25, -0.2) is 8.42 Å². The molecule has 2 aliphatic rings. The topological polar surface area (TPSA) is 91.0 Å². The van der Waals surface area contributed by atoms with Gasteiger partial charge in [0.1, 0.15) is 12.0 Å². The Morgan fingerprint density at radius 1 is 1.35 bits per heavy atom. The number of rotatable bonds is 6. The summed E-state index contributed by atoms with van der Waals surface area (Å²) in [5.41, 5.74) is 0.442. The Balaban J connectivity index is 0.00000243. The van der Waals surface area contributed by atoms with Crippen molar-refractivity contribution in [2.24, 2.45) is 10.9 Å². The van der Waals surface area contributed by atoms with Gasteiger partial charge in [-0.1, -0.05) is 11.6 Å². The van der Waals surface area contributed by atoms with Gasteiger partial charge in [0.2, 0.25) is 10.0 Å². The SMILES string of the molecule is CCNC(=NCC1CCC1)N1CCN(S(=O)(=O)Cc2ccon2)CC1.I. The zero-order valence-electron chi connectivity index (χ0n) is 15.1. The Labute approximate surface area is 172 Å². The normalized spacial score (nSPS) is 19.7. The molecule has 0 amide bonds. The van der Waals surface area contributed by atoms with Gasteiger partial charge in [-0.15, -0.1) is 24.0 Å². The summed E-state index contributed by atoms with van der Waals surface area (Å²) < 4.78 is 31.2. The fraction of sp³-hybridized carbons (Fsp3) is 0.750. The Hall–Kier alpha value is -0.880. The van der Waals surface area contributed by atoms with Crippen molar-refractivity contribution in [2.75, 3.05) is 39.3 Å². The predicted molar refractivity (Wildman–Crippen MR) is 111 cm³/mol. The molecule has 8 nitrogen and oxygen atoms in total. The van der Waals surface area contributed by atoms with Crippen molar-refractivity contribution in [1.82, 2.24) is 19.7 Å². The number of nitrogens with one attached hydrogen (secondary N) is 1. The van der Waals surface area contributed by atoms with Crippen LogP contribution in [-0.4, -0.2) is 68.0 Å². The van der Waals surface area contributed by atoms with E-state index in [2.05, 4.69) is 22.3 Å². The number of halogens is 1. The van der Waals surface area contributed by atoms with Crippen molar-refractivity contribution in [3.8, 4) is 0 Å². The molecule has 26 heavy (non-hydrogen) atoms. The van der Waals surface area contributed by atoms with Crippen LogP contribution in [-0.2, 0) is 15.8 Å². The summed E-state index contributed by atoms with van der Waals surface area (Å²) in [5.74, 6) is 1.51. The predicted octanol–water partition coefficient (Wildman–Crippen LogP) is 1.51. The lowest BCUT2D eigenvalue weighted by atomic mass is 9.86. The molecule has 1 saturated carbocycles. The highest BCUT2D eigenvalue weighted by molar-refractivity contribution is 14.0. The van der Waals surface area contributed by atoms with Crippen LogP contribution in [0.2, 0.25) is 0 Å². The van der Waals surface area contributed by atoms with Gasteiger partial charge >= 0.3 is 0 Å². The molecule has 1 N–H and O–H groups in total. The van der Waals surface area contributed by atoms with E-state index in [1.165, 1.54) is 29.8 Å². The minimum absolute atomic E-state index is 0. The van der Waals surface area contributed by atoms with E-state index in [1.54, 1.807) is 6.07 Å². The van der Waals surface area contributed by atoms with Crippen LogP contribution >= 0.6 is 24.0 Å². The van der Waals surface area contributed by atoms with Crippen LogP contribution in [0, 0.1) is 5.92 Å². The number of aromatic nitrogens is 1. The van der Waals surface area contributed by atoms with E-state index >= 15 is 0 Å². The van der Waals surface area contributed by atoms with Gasteiger partial charge < -0.3 is 14.7 Å². The van der Waals surface area contributed by atoms with Gasteiger partial charge in [0, 0.05) is 45.3 Å². The molecule has 1 aliphatic carbocycles. The number of sulfonamides is 1. The third kappa shape index (κ3) is 5.56. The summed E-state index contributed by atoms with van der Waals surface area (Å²) in [6.07, 6.45) is 5.26. The van der Waals surface area contributed by atoms with Crippen molar-refractivity contribution in [3.05, 3.63) is 18.0 Å². The van der Waals surface area contributed by atoms with Crippen molar-refractivity contribution in [3.63, 3.8) is 0 Å². The molecular formula is C16H28IN5O3S. The van der Waals surface area contributed by atoms with Crippen molar-refractivity contribution in [1.29, 1.82) is 0 Å². The zero-order valence-corrected chi connectivity index (χ0v) is 18.3. The maximum absolute atomic E-state index is 12.5. The third-order valence-electron chi connectivity index (χ3n) is 4.81. The summed E-state index contributed by atoms with van der Waals surface area (Å²) in [4.78, 5) is 6.91. The summed E-state index contributed by atoms with van der Waals surface area (Å²) in [6.45, 7) is 5.96. The Morgan fingerprint density at radius 3 is 2.62 bits per heavy atom. The van der Waals surface area contributed by atoms with E-state index in [-0.39, 0.29) is 29.7 Å². The average Bonchev–Trinajstić information content (AvgIpc) is 3.05. The van der Waals surface area contributed by atoms with Crippen LogP contribution in [0.25, 0.3) is 0 Å². The highest BCUT2D eigenvalue weighted by atomic mass is 127. The van der Waals surface area contributed by atoms with E-state index in [9.17, 15) is 8.42 Å². The van der Waals surface area contributed by atoms with Crippen molar-refractivity contribution < 1.29 is 12.9 Å². The number of nitrogens with zero attached hydrogens (tertiary/aromatic N) is 4. The summed E-state index contributed by atoms with van der Waals surface area (Å²) in [7, 11) is -3.36. The lowest BCUT2D eigenvalue weighted by Gasteiger charge is -2.36. The smallest absolute Gasteiger partial charge is 0.220 e. The fourth-order valence-corrected chi connectivity index (χ4v) is 4.51. The standard InChI is InChI=1S/C16H27N5O3S.HI/c1-2-17-16(18-12-14-4-3-5-14)20-7-9-21(10-8-20)25(22,23)13-15-6-11-24-19-15;/h6,11,14H,2-5,7-10,12-13H2,1H3,(H,17,18);1H. The van der Waals surface area contributed by atoms with E-state index in [0.717, 1.165) is 25.0 Å². The molecule has 2 fully saturated rings. The molecule has 0 spiro atoms. The average molecular weight is 497 g/mol. The van der Waals surface area contributed by atoms with Crippen molar-refractivity contribution >= 4 is 40.0 Å². The molecule has 2 heterocycles. The number of aliphatic imine (C=N–C) groups is 1. The van der Waals surface area contributed by atoms with Crippen LogP contribution in [0.3, 0.4) is 0 Å². The number of hydrogen-bond donors (Lipinski definition) is 1. The van der Waals surface area contributed by atoms with Crippen molar-refractivity contribution in [2.45, 2.75) is 31.9 Å². The maximum atomic E-state index is 12.5. The molecule has 0 atom stereocenters. The number of guanidine groups is 1. The fourth-order valence-electron chi connectivity index (χ4n) is 3.08. The lowest BCUT2D eigenvalue weighted by Crippen LogP contribution is -2.54. The molecule has 0 radical (unpaired) electrons. The van der Waals surface area contributed by atoms with E-state index in [4.69, 9.17) is 9.52 Å². The number of piperazine rings is 1. The summed E-state index contributed by atoms with van der Waals surface area (Å²) in [6, 6.07) is 1.59. The van der Waals surface area contributed by atoms with Gasteiger partial charge in [0.05, 0.1) is 5.69 Å². The highest BCUT2D eigenvalue weighted by Crippen LogP contribution is 2.26. The van der Waals surface area contributed by atoms with Crippen LogP contribution < -0.4 is 5.32 Å². The molecule has 0 aromatic carbocycles. The maximum Gasteiger partial charge on any atom is 0.220 e. The largest absolute Gasteiger partial charge is 0.364 e. The Bertz CT molecular complexity index is 668. The first-order chi connectivity index (χ1) is 12.1. The molecule has 1 aliphatic heterocycles. The molecule has 1 aromatic rings. The van der Waals surface area contributed by atoms with Gasteiger partial charge in [0.15, 0.2) is 5.96 Å². The minimum atomic E-state index is -3.36. The first-order valence-corrected chi connectivity index (χ1v) is 10.6. The summed E-state index contributed by atoms with van der Waals surface area (Å²) >= 11 is 0. The molecule has 1 aromatic heterocycles. The highest BCUT2D eigenvalue weighted by Gasteiger charge is 2.29. The first kappa shape index (κ1) is 21.4. The summed E-state index contributed by atoms with van der Waals surface area (Å²) in [5, 5.41) is 7.03. The van der Waals surface area contributed by atoms with Crippen LogP contribution in [0.5, 0.6) is 0 Å². The second-order valence-corrected chi connectivity index (χ2v) is 8.59. The second-order valence-electron chi connectivity index (χ2n) is 6.62. The first-order valence-electron chi connectivity index (χ1n) is 8.99. The molecular weight excluding hydrogens is 469 g/mol. The van der Waals surface area contributed by atoms with Gasteiger partial charge in [-0.2, -0.15) is 4.31 Å². The lowest BCUT2D eigenvalue weighted by molar-refractivity contribution is 0.258. The quantitative estimate of drug-likeness (QED) is 0.364. The van der Waals surface area contributed by atoms with Gasteiger partial charge in [-0.05, 0) is 25.7 Å².